The number of amides is 1. The number of hydrogen-bond donors (Lipinski definition) is 1. The molecule has 4 nitrogen and oxygen atoms in total. The normalized spacial score (nSPS) is 21.9. The van der Waals surface area contributed by atoms with Gasteiger partial charge in [-0.3, -0.25) is 4.79 Å². The second kappa shape index (κ2) is 7.57. The second-order valence-electron chi connectivity index (χ2n) is 4.83. The van der Waals surface area contributed by atoms with Crippen LogP contribution in [-0.4, -0.2) is 43.2 Å². The third kappa shape index (κ3) is 4.16. The first-order valence-electron chi connectivity index (χ1n) is 6.42. The number of morpholine rings is 1. The summed E-state index contributed by atoms with van der Waals surface area (Å²) in [5, 5.41) is 3.16. The van der Waals surface area contributed by atoms with Crippen LogP contribution in [0.1, 0.15) is 12.5 Å². The topological polar surface area (TPSA) is 41.6 Å². The van der Waals surface area contributed by atoms with Gasteiger partial charge in [0.2, 0.25) is 5.91 Å². The van der Waals surface area contributed by atoms with Crippen LogP contribution in [0.15, 0.2) is 24.3 Å². The van der Waals surface area contributed by atoms with Gasteiger partial charge in [0, 0.05) is 20.1 Å². The van der Waals surface area contributed by atoms with Crippen LogP contribution in [0, 0.1) is 5.82 Å². The van der Waals surface area contributed by atoms with Gasteiger partial charge in [0.25, 0.3) is 0 Å². The molecule has 0 spiro atoms. The van der Waals surface area contributed by atoms with E-state index < -0.39 is 0 Å². The molecular formula is C14H20ClFN2O2. The van der Waals surface area contributed by atoms with Crippen LogP contribution in [0.4, 0.5) is 4.39 Å². The minimum atomic E-state index is -0.327. The van der Waals surface area contributed by atoms with E-state index in [1.165, 1.54) is 12.1 Å². The number of hydrogen-bond acceptors (Lipinski definition) is 3. The SMILES string of the molecule is C[C@H]1OCCN[C@@H]1C(=O)N(C)Cc1cccc(F)c1.Cl. The predicted molar refractivity (Wildman–Crippen MR) is 77.3 cm³/mol. The van der Waals surface area contributed by atoms with Crippen LogP contribution < -0.4 is 5.32 Å². The van der Waals surface area contributed by atoms with E-state index in [-0.39, 0.29) is 36.3 Å². The molecule has 0 bridgehead atoms. The van der Waals surface area contributed by atoms with E-state index in [9.17, 15) is 9.18 Å². The van der Waals surface area contributed by atoms with Crippen molar-refractivity contribution in [3.05, 3.63) is 35.6 Å². The van der Waals surface area contributed by atoms with Gasteiger partial charge in [-0.25, -0.2) is 4.39 Å². The van der Waals surface area contributed by atoms with E-state index in [0.29, 0.717) is 19.7 Å². The molecule has 112 valence electrons. The van der Waals surface area contributed by atoms with Crippen molar-refractivity contribution in [1.29, 1.82) is 0 Å². The summed E-state index contributed by atoms with van der Waals surface area (Å²) in [7, 11) is 1.72. The fraction of sp³-hybridized carbons (Fsp3) is 0.500. The third-order valence-electron chi connectivity index (χ3n) is 3.27. The molecule has 1 fully saturated rings. The molecule has 0 unspecified atom stereocenters. The summed E-state index contributed by atoms with van der Waals surface area (Å²) in [6.07, 6.45) is -0.142. The van der Waals surface area contributed by atoms with E-state index in [1.807, 2.05) is 6.92 Å². The van der Waals surface area contributed by atoms with E-state index >= 15 is 0 Å². The van der Waals surface area contributed by atoms with E-state index in [4.69, 9.17) is 4.74 Å². The Bertz CT molecular complexity index is 459. The van der Waals surface area contributed by atoms with E-state index in [2.05, 4.69) is 5.32 Å². The van der Waals surface area contributed by atoms with Crippen molar-refractivity contribution >= 4 is 18.3 Å². The van der Waals surface area contributed by atoms with Gasteiger partial charge in [0.1, 0.15) is 11.9 Å². The highest BCUT2D eigenvalue weighted by atomic mass is 35.5. The van der Waals surface area contributed by atoms with Crippen molar-refractivity contribution in [1.82, 2.24) is 10.2 Å². The summed E-state index contributed by atoms with van der Waals surface area (Å²) in [5.74, 6) is -0.317. The average Bonchev–Trinajstić information content (AvgIpc) is 2.38. The zero-order valence-electron chi connectivity index (χ0n) is 11.6. The number of halogens is 2. The summed E-state index contributed by atoms with van der Waals surface area (Å²) >= 11 is 0. The van der Waals surface area contributed by atoms with Crippen molar-refractivity contribution in [3.8, 4) is 0 Å². The highest BCUT2D eigenvalue weighted by Crippen LogP contribution is 2.11. The predicted octanol–water partition coefficient (Wildman–Crippen LogP) is 1.58. The summed E-state index contributed by atoms with van der Waals surface area (Å²) in [5.41, 5.74) is 0.778. The van der Waals surface area contributed by atoms with Gasteiger partial charge in [-0.2, -0.15) is 0 Å². The standard InChI is InChI=1S/C14H19FN2O2.ClH/c1-10-13(16-6-7-19-10)14(18)17(2)9-11-4-3-5-12(15)8-11;/h3-5,8,10,13,16H,6-7,9H2,1-2H3;1H/t10-,13+;/m1./s1. The maximum Gasteiger partial charge on any atom is 0.242 e. The van der Waals surface area contributed by atoms with Crippen LogP contribution in [0.2, 0.25) is 0 Å². The van der Waals surface area contributed by atoms with Gasteiger partial charge >= 0.3 is 0 Å². The molecule has 0 radical (unpaired) electrons. The number of benzene rings is 1. The minimum Gasteiger partial charge on any atom is -0.375 e. The Morgan fingerprint density at radius 1 is 1.55 bits per heavy atom. The van der Waals surface area contributed by atoms with Gasteiger partial charge in [-0.1, -0.05) is 12.1 Å². The molecule has 0 aliphatic carbocycles. The molecule has 1 aromatic carbocycles. The maximum absolute atomic E-state index is 13.1. The number of nitrogens with one attached hydrogen (secondary N) is 1. The number of likely N-dealkylation sites (N-methyl/N-ethyl adjacent to an activating group) is 1. The molecule has 1 aliphatic rings. The van der Waals surface area contributed by atoms with Crippen LogP contribution in [0.3, 0.4) is 0 Å². The van der Waals surface area contributed by atoms with Crippen molar-refractivity contribution < 1.29 is 13.9 Å². The van der Waals surface area contributed by atoms with Crippen molar-refractivity contribution in [3.63, 3.8) is 0 Å². The first-order chi connectivity index (χ1) is 9.08. The van der Waals surface area contributed by atoms with Crippen LogP contribution in [0.25, 0.3) is 0 Å². The fourth-order valence-electron chi connectivity index (χ4n) is 2.23. The van der Waals surface area contributed by atoms with Crippen molar-refractivity contribution in [2.75, 3.05) is 20.2 Å². The monoisotopic (exact) mass is 302 g/mol. The van der Waals surface area contributed by atoms with Gasteiger partial charge < -0.3 is 15.0 Å². The Hall–Kier alpha value is -1.17. The zero-order chi connectivity index (χ0) is 13.8. The first kappa shape index (κ1) is 16.9. The molecule has 6 heteroatoms. The lowest BCUT2D eigenvalue weighted by Crippen LogP contribution is -2.55. The molecule has 0 aromatic heterocycles. The molecule has 0 saturated carbocycles. The van der Waals surface area contributed by atoms with Crippen molar-refractivity contribution in [2.24, 2.45) is 0 Å². The smallest absolute Gasteiger partial charge is 0.242 e. The summed E-state index contributed by atoms with van der Waals surface area (Å²) in [6.45, 7) is 3.57. The number of nitrogens with zero attached hydrogens (tertiary/aromatic N) is 1. The molecule has 20 heavy (non-hydrogen) atoms. The molecule has 1 amide bonds. The number of carbonyl (C=O) groups excluding carboxylic acids is 1. The van der Waals surface area contributed by atoms with Crippen LogP contribution >= 0.6 is 12.4 Å². The lowest BCUT2D eigenvalue weighted by Gasteiger charge is -2.32. The highest BCUT2D eigenvalue weighted by molar-refractivity contribution is 5.85. The van der Waals surface area contributed by atoms with E-state index in [0.717, 1.165) is 5.56 Å². The quantitative estimate of drug-likeness (QED) is 0.922. The molecule has 1 saturated heterocycles. The second-order valence-corrected chi connectivity index (χ2v) is 4.83. The summed E-state index contributed by atoms with van der Waals surface area (Å²) in [4.78, 5) is 13.9. The first-order valence-corrected chi connectivity index (χ1v) is 6.42. The van der Waals surface area contributed by atoms with Gasteiger partial charge in [-0.05, 0) is 24.6 Å². The number of carbonyl (C=O) groups is 1. The molecular weight excluding hydrogens is 283 g/mol. The number of rotatable bonds is 3. The van der Waals surface area contributed by atoms with Gasteiger partial charge in [-0.15, -0.1) is 12.4 Å². The molecule has 1 heterocycles. The zero-order valence-corrected chi connectivity index (χ0v) is 12.5. The van der Waals surface area contributed by atoms with Gasteiger partial charge in [0.15, 0.2) is 0 Å². The molecule has 1 aliphatic heterocycles. The average molecular weight is 303 g/mol. The lowest BCUT2D eigenvalue weighted by molar-refractivity contribution is -0.138. The summed E-state index contributed by atoms with van der Waals surface area (Å²) < 4.78 is 18.6. The Kier molecular flexibility index (Phi) is 6.39. The Morgan fingerprint density at radius 3 is 2.95 bits per heavy atom. The third-order valence-corrected chi connectivity index (χ3v) is 3.27. The Balaban J connectivity index is 0.00000200. The van der Waals surface area contributed by atoms with Crippen LogP contribution in [-0.2, 0) is 16.1 Å². The lowest BCUT2D eigenvalue weighted by atomic mass is 10.1. The highest BCUT2D eigenvalue weighted by Gasteiger charge is 2.30. The van der Waals surface area contributed by atoms with Crippen LogP contribution in [0.5, 0.6) is 0 Å². The largest absolute Gasteiger partial charge is 0.375 e. The van der Waals surface area contributed by atoms with E-state index in [1.54, 1.807) is 24.1 Å². The molecule has 2 atom stereocenters. The Labute approximate surface area is 124 Å². The fourth-order valence-corrected chi connectivity index (χ4v) is 2.23. The maximum atomic E-state index is 13.1. The van der Waals surface area contributed by atoms with Gasteiger partial charge in [0.05, 0.1) is 12.7 Å². The molecule has 1 N–H and O–H groups in total. The minimum absolute atomic E-state index is 0. The Morgan fingerprint density at radius 2 is 2.30 bits per heavy atom. The molecule has 1 aromatic rings. The number of ether oxygens (including phenoxy) is 1. The molecule has 2 rings (SSSR count). The summed E-state index contributed by atoms with van der Waals surface area (Å²) in [6, 6.07) is 5.96. The van der Waals surface area contributed by atoms with Crippen molar-refractivity contribution in [2.45, 2.75) is 25.6 Å².